The summed E-state index contributed by atoms with van der Waals surface area (Å²) in [5.41, 5.74) is 0.781. The Morgan fingerprint density at radius 1 is 1.29 bits per heavy atom. The Labute approximate surface area is 99.8 Å². The molecule has 90 valence electrons. The Balaban J connectivity index is 2.00. The van der Waals surface area contributed by atoms with Crippen molar-refractivity contribution in [3.05, 3.63) is 35.8 Å². The van der Waals surface area contributed by atoms with Crippen LogP contribution in [-0.4, -0.2) is 13.1 Å². The van der Waals surface area contributed by atoms with Crippen molar-refractivity contribution in [2.75, 3.05) is 7.05 Å². The summed E-state index contributed by atoms with van der Waals surface area (Å²) in [5.74, 6) is 1.21. The molecule has 2 unspecified atom stereocenters. The van der Waals surface area contributed by atoms with Gasteiger partial charge in [0.2, 0.25) is 0 Å². The van der Waals surface area contributed by atoms with Gasteiger partial charge in [0.15, 0.2) is 0 Å². The lowest BCUT2D eigenvalue weighted by Crippen LogP contribution is -2.27. The predicted molar refractivity (Wildman–Crippen MR) is 65.6 cm³/mol. The smallest absolute Gasteiger partial charge is 0.134 e. The summed E-state index contributed by atoms with van der Waals surface area (Å²) in [6.07, 6.45) is 3.56. The van der Waals surface area contributed by atoms with Crippen molar-refractivity contribution < 1.29 is 8.81 Å². The van der Waals surface area contributed by atoms with E-state index in [2.05, 4.69) is 5.32 Å². The first-order valence-corrected chi connectivity index (χ1v) is 6.14. The molecule has 1 aromatic heterocycles. The van der Waals surface area contributed by atoms with Crippen LogP contribution < -0.4 is 5.32 Å². The summed E-state index contributed by atoms with van der Waals surface area (Å²) in [6, 6.07) is 7.15. The van der Waals surface area contributed by atoms with E-state index in [-0.39, 0.29) is 5.82 Å². The van der Waals surface area contributed by atoms with Crippen LogP contribution >= 0.6 is 0 Å². The summed E-state index contributed by atoms with van der Waals surface area (Å²) in [7, 11) is 1.99. The van der Waals surface area contributed by atoms with Crippen LogP contribution in [0.4, 0.5) is 4.39 Å². The number of benzene rings is 1. The molecule has 1 aliphatic rings. The number of furan rings is 1. The highest BCUT2D eigenvalue weighted by Gasteiger charge is 2.29. The Kier molecular flexibility index (Phi) is 2.63. The molecule has 0 radical (unpaired) electrons. The number of hydrogen-bond donors (Lipinski definition) is 1. The molecule has 1 heterocycles. The number of halogens is 1. The monoisotopic (exact) mass is 233 g/mol. The molecule has 3 rings (SSSR count). The quantitative estimate of drug-likeness (QED) is 0.859. The molecular weight excluding hydrogens is 217 g/mol. The molecule has 1 aromatic carbocycles. The number of nitrogens with one attached hydrogen (secondary N) is 1. The van der Waals surface area contributed by atoms with E-state index < -0.39 is 0 Å². The third-order valence-corrected chi connectivity index (χ3v) is 3.75. The van der Waals surface area contributed by atoms with Gasteiger partial charge in [0.1, 0.15) is 17.2 Å². The highest BCUT2D eigenvalue weighted by Crippen LogP contribution is 2.37. The highest BCUT2D eigenvalue weighted by atomic mass is 19.1. The van der Waals surface area contributed by atoms with E-state index in [0.717, 1.165) is 23.2 Å². The summed E-state index contributed by atoms with van der Waals surface area (Å²) in [4.78, 5) is 0. The fraction of sp³-hybridized carbons (Fsp3) is 0.429. The number of likely N-dealkylation sites (N-methyl/N-ethyl adjacent to an activating group) is 1. The molecule has 1 N–H and O–H groups in total. The van der Waals surface area contributed by atoms with Crippen molar-refractivity contribution >= 4 is 11.0 Å². The van der Waals surface area contributed by atoms with Crippen LogP contribution in [0.1, 0.15) is 30.9 Å². The van der Waals surface area contributed by atoms with E-state index in [1.54, 1.807) is 6.07 Å². The molecule has 0 spiro atoms. The fourth-order valence-electron chi connectivity index (χ4n) is 2.86. The average molecular weight is 233 g/mol. The van der Waals surface area contributed by atoms with Crippen LogP contribution in [0.2, 0.25) is 0 Å². The molecule has 2 atom stereocenters. The van der Waals surface area contributed by atoms with Crippen molar-refractivity contribution in [2.45, 2.75) is 31.2 Å². The van der Waals surface area contributed by atoms with Crippen molar-refractivity contribution in [2.24, 2.45) is 0 Å². The predicted octanol–water partition coefficient (Wildman–Crippen LogP) is 3.43. The maximum Gasteiger partial charge on any atom is 0.134 e. The van der Waals surface area contributed by atoms with E-state index >= 15 is 0 Å². The van der Waals surface area contributed by atoms with Gasteiger partial charge in [0, 0.05) is 17.3 Å². The molecule has 0 saturated heterocycles. The molecule has 1 aliphatic carbocycles. The molecule has 2 nitrogen and oxygen atoms in total. The Morgan fingerprint density at radius 2 is 2.18 bits per heavy atom. The van der Waals surface area contributed by atoms with E-state index in [1.165, 1.54) is 25.0 Å². The van der Waals surface area contributed by atoms with Gasteiger partial charge < -0.3 is 9.73 Å². The minimum atomic E-state index is -0.207. The third kappa shape index (κ3) is 1.84. The van der Waals surface area contributed by atoms with Gasteiger partial charge in [-0.15, -0.1) is 0 Å². The summed E-state index contributed by atoms with van der Waals surface area (Å²) in [6.45, 7) is 0. The zero-order chi connectivity index (χ0) is 11.8. The van der Waals surface area contributed by atoms with Gasteiger partial charge >= 0.3 is 0 Å². The van der Waals surface area contributed by atoms with Crippen LogP contribution in [0.5, 0.6) is 0 Å². The van der Waals surface area contributed by atoms with E-state index in [0.29, 0.717) is 12.0 Å². The van der Waals surface area contributed by atoms with Crippen LogP contribution in [0, 0.1) is 5.82 Å². The first-order valence-electron chi connectivity index (χ1n) is 6.14. The SMILES string of the molecule is CNC1CCCC1c1cc2cc(F)ccc2o1. The number of fused-ring (bicyclic) bond motifs is 1. The second kappa shape index (κ2) is 4.15. The minimum absolute atomic E-state index is 0.207. The Bertz CT molecular complexity index is 534. The summed E-state index contributed by atoms with van der Waals surface area (Å²) < 4.78 is 18.9. The van der Waals surface area contributed by atoms with Gasteiger partial charge in [-0.05, 0) is 44.2 Å². The molecule has 1 saturated carbocycles. The maximum atomic E-state index is 13.1. The second-order valence-electron chi connectivity index (χ2n) is 4.76. The summed E-state index contributed by atoms with van der Waals surface area (Å²) >= 11 is 0. The van der Waals surface area contributed by atoms with Crippen LogP contribution in [0.3, 0.4) is 0 Å². The second-order valence-corrected chi connectivity index (χ2v) is 4.76. The fourth-order valence-corrected chi connectivity index (χ4v) is 2.86. The molecule has 1 fully saturated rings. The zero-order valence-electron chi connectivity index (χ0n) is 9.87. The van der Waals surface area contributed by atoms with Gasteiger partial charge in [-0.25, -0.2) is 4.39 Å². The summed E-state index contributed by atoms with van der Waals surface area (Å²) in [5, 5.41) is 4.20. The van der Waals surface area contributed by atoms with E-state index in [1.807, 2.05) is 13.1 Å². The van der Waals surface area contributed by atoms with Crippen LogP contribution in [0.25, 0.3) is 11.0 Å². The zero-order valence-corrected chi connectivity index (χ0v) is 9.87. The highest BCUT2D eigenvalue weighted by molar-refractivity contribution is 5.78. The minimum Gasteiger partial charge on any atom is -0.461 e. The van der Waals surface area contributed by atoms with Crippen molar-refractivity contribution in [3.63, 3.8) is 0 Å². The van der Waals surface area contributed by atoms with Gasteiger partial charge in [0.05, 0.1) is 0 Å². The van der Waals surface area contributed by atoms with Gasteiger partial charge in [-0.3, -0.25) is 0 Å². The Morgan fingerprint density at radius 3 is 3.00 bits per heavy atom. The largest absolute Gasteiger partial charge is 0.461 e. The standard InChI is InChI=1S/C14H16FNO/c1-16-12-4-2-3-11(12)14-8-9-7-10(15)5-6-13(9)17-14/h5-8,11-12,16H,2-4H2,1H3. The lowest BCUT2D eigenvalue weighted by atomic mass is 10.0. The molecule has 0 amide bonds. The third-order valence-electron chi connectivity index (χ3n) is 3.75. The molecule has 2 aromatic rings. The molecular formula is C14H16FNO. The van der Waals surface area contributed by atoms with Crippen molar-refractivity contribution in [3.8, 4) is 0 Å². The van der Waals surface area contributed by atoms with E-state index in [9.17, 15) is 4.39 Å². The first-order chi connectivity index (χ1) is 8.28. The van der Waals surface area contributed by atoms with Crippen molar-refractivity contribution in [1.82, 2.24) is 5.32 Å². The maximum absolute atomic E-state index is 13.1. The van der Waals surface area contributed by atoms with Gasteiger partial charge in [-0.1, -0.05) is 6.42 Å². The lowest BCUT2D eigenvalue weighted by molar-refractivity contribution is 0.435. The van der Waals surface area contributed by atoms with Crippen LogP contribution in [0.15, 0.2) is 28.7 Å². The number of rotatable bonds is 2. The molecule has 3 heteroatoms. The Hall–Kier alpha value is -1.35. The van der Waals surface area contributed by atoms with Crippen molar-refractivity contribution in [1.29, 1.82) is 0 Å². The van der Waals surface area contributed by atoms with Crippen LogP contribution in [-0.2, 0) is 0 Å². The molecule has 0 aliphatic heterocycles. The van der Waals surface area contributed by atoms with E-state index in [4.69, 9.17) is 4.42 Å². The normalized spacial score (nSPS) is 24.6. The average Bonchev–Trinajstić information content (AvgIpc) is 2.93. The van der Waals surface area contributed by atoms with Gasteiger partial charge in [0.25, 0.3) is 0 Å². The molecule has 0 bridgehead atoms. The molecule has 17 heavy (non-hydrogen) atoms. The first kappa shape index (κ1) is 10.8. The number of hydrogen-bond acceptors (Lipinski definition) is 2. The topological polar surface area (TPSA) is 25.2 Å². The van der Waals surface area contributed by atoms with Gasteiger partial charge in [-0.2, -0.15) is 0 Å². The lowest BCUT2D eigenvalue weighted by Gasteiger charge is -2.16.